The number of hydrogen-bond acceptors (Lipinski definition) is 5. The molecule has 8 heteroatoms. The van der Waals surface area contributed by atoms with Crippen molar-refractivity contribution in [2.75, 3.05) is 38.7 Å². The summed E-state index contributed by atoms with van der Waals surface area (Å²) in [5.74, 6) is 1.30. The van der Waals surface area contributed by atoms with E-state index in [0.717, 1.165) is 25.9 Å². The number of hydrogen-bond donors (Lipinski definition) is 3. The molecule has 30 heavy (non-hydrogen) atoms. The maximum absolute atomic E-state index is 12.3. The van der Waals surface area contributed by atoms with Gasteiger partial charge in [0, 0.05) is 23.9 Å². The normalized spacial score (nSPS) is 15.4. The third-order valence-electron chi connectivity index (χ3n) is 4.79. The molecule has 162 valence electrons. The van der Waals surface area contributed by atoms with Gasteiger partial charge in [-0.1, -0.05) is 6.07 Å². The van der Waals surface area contributed by atoms with E-state index < -0.39 is 0 Å². The third kappa shape index (κ3) is 7.24. The molecule has 0 aromatic heterocycles. The molecule has 1 aliphatic rings. The minimum absolute atomic E-state index is 0. The number of methoxy groups -OCH3 is 1. The van der Waals surface area contributed by atoms with Crippen LogP contribution in [-0.2, 0) is 4.79 Å². The minimum Gasteiger partial charge on any atom is -0.497 e. The molecule has 0 bridgehead atoms. The zero-order valence-corrected chi connectivity index (χ0v) is 17.8. The molecule has 0 radical (unpaired) electrons. The first kappa shape index (κ1) is 23.5. The maximum Gasteiger partial charge on any atom is 0.262 e. The summed E-state index contributed by atoms with van der Waals surface area (Å²) in [5.41, 5.74) is 1.21. The van der Waals surface area contributed by atoms with Crippen LogP contribution in [-0.4, -0.2) is 45.2 Å². The van der Waals surface area contributed by atoms with Crippen LogP contribution in [0.4, 0.5) is 5.69 Å². The predicted molar refractivity (Wildman–Crippen MR) is 119 cm³/mol. The summed E-state index contributed by atoms with van der Waals surface area (Å²) in [6.45, 7) is 2.56. The Hall–Kier alpha value is -2.77. The van der Waals surface area contributed by atoms with Gasteiger partial charge >= 0.3 is 0 Å². The first-order valence-corrected chi connectivity index (χ1v) is 9.80. The molecule has 7 nitrogen and oxygen atoms in total. The van der Waals surface area contributed by atoms with Crippen LogP contribution in [0.15, 0.2) is 48.5 Å². The highest BCUT2D eigenvalue weighted by atomic mass is 35.5. The number of benzene rings is 2. The lowest BCUT2D eigenvalue weighted by Crippen LogP contribution is -2.38. The molecule has 2 aromatic carbocycles. The van der Waals surface area contributed by atoms with Crippen LogP contribution in [0.1, 0.15) is 23.2 Å². The van der Waals surface area contributed by atoms with Crippen LogP contribution >= 0.6 is 12.4 Å². The molecule has 3 rings (SSSR count). The molecule has 1 saturated heterocycles. The van der Waals surface area contributed by atoms with E-state index in [4.69, 9.17) is 9.47 Å². The molecule has 0 saturated carbocycles. The number of nitrogens with one attached hydrogen (secondary N) is 3. The molecule has 0 spiro atoms. The lowest BCUT2D eigenvalue weighted by Gasteiger charge is -2.22. The zero-order chi connectivity index (χ0) is 20.5. The van der Waals surface area contributed by atoms with Gasteiger partial charge in [0.2, 0.25) is 0 Å². The second-order valence-corrected chi connectivity index (χ2v) is 7.02. The molecule has 1 atom stereocenters. The molecule has 1 unspecified atom stereocenters. The summed E-state index contributed by atoms with van der Waals surface area (Å²) in [6.07, 6.45) is 2.29. The van der Waals surface area contributed by atoms with Crippen molar-refractivity contribution in [2.24, 2.45) is 5.92 Å². The first-order valence-electron chi connectivity index (χ1n) is 9.80. The van der Waals surface area contributed by atoms with Gasteiger partial charge in [-0.3, -0.25) is 9.59 Å². The largest absolute Gasteiger partial charge is 0.497 e. The van der Waals surface area contributed by atoms with E-state index in [9.17, 15) is 9.59 Å². The number of carbonyl (C=O) groups is 2. The van der Waals surface area contributed by atoms with E-state index >= 15 is 0 Å². The van der Waals surface area contributed by atoms with Gasteiger partial charge in [-0.05, 0) is 68.2 Å². The van der Waals surface area contributed by atoms with Crippen molar-refractivity contribution in [3.63, 3.8) is 0 Å². The first-order chi connectivity index (χ1) is 14.1. The Balaban J connectivity index is 0.00000320. The summed E-state index contributed by atoms with van der Waals surface area (Å²) >= 11 is 0. The Labute approximate surface area is 182 Å². The van der Waals surface area contributed by atoms with Crippen LogP contribution in [0.2, 0.25) is 0 Å². The number of halogens is 1. The van der Waals surface area contributed by atoms with E-state index in [1.807, 2.05) is 0 Å². The average molecular weight is 434 g/mol. The minimum atomic E-state index is -0.277. The lowest BCUT2D eigenvalue weighted by molar-refractivity contribution is -0.118. The molecule has 1 aliphatic heterocycles. The van der Waals surface area contributed by atoms with Gasteiger partial charge in [-0.2, -0.15) is 0 Å². The van der Waals surface area contributed by atoms with E-state index in [-0.39, 0.29) is 30.8 Å². The monoisotopic (exact) mass is 433 g/mol. The molecule has 0 aliphatic carbocycles. The average Bonchev–Trinajstić information content (AvgIpc) is 2.77. The second-order valence-electron chi connectivity index (χ2n) is 7.02. The van der Waals surface area contributed by atoms with Crippen molar-refractivity contribution in [1.29, 1.82) is 0 Å². The van der Waals surface area contributed by atoms with Crippen LogP contribution in [0.5, 0.6) is 11.5 Å². The molecule has 2 aromatic rings. The van der Waals surface area contributed by atoms with E-state index in [0.29, 0.717) is 35.2 Å². The van der Waals surface area contributed by atoms with Gasteiger partial charge in [0.25, 0.3) is 11.8 Å². The van der Waals surface area contributed by atoms with Crippen LogP contribution in [0.3, 0.4) is 0 Å². The van der Waals surface area contributed by atoms with Crippen molar-refractivity contribution >= 4 is 29.9 Å². The van der Waals surface area contributed by atoms with Crippen molar-refractivity contribution in [3.05, 3.63) is 54.1 Å². The number of rotatable bonds is 8. The number of piperidine rings is 1. The van der Waals surface area contributed by atoms with Gasteiger partial charge in [0.1, 0.15) is 11.5 Å². The van der Waals surface area contributed by atoms with E-state index in [1.165, 1.54) is 0 Å². The Morgan fingerprint density at radius 2 is 1.93 bits per heavy atom. The lowest BCUT2D eigenvalue weighted by atomic mass is 10.00. The molecule has 1 fully saturated rings. The standard InChI is InChI=1S/C22H27N3O4.ClH/c1-28-20-6-2-5-18(12-20)25-21(26)15-29-19-9-7-17(8-10-19)22(27)24-14-16-4-3-11-23-13-16;/h2,5-10,12,16,23H,3-4,11,13-15H2,1H3,(H,24,27)(H,25,26);1H. The topological polar surface area (TPSA) is 88.7 Å². The fourth-order valence-electron chi connectivity index (χ4n) is 3.19. The zero-order valence-electron chi connectivity index (χ0n) is 17.0. The van der Waals surface area contributed by atoms with Crippen molar-refractivity contribution in [2.45, 2.75) is 12.8 Å². The van der Waals surface area contributed by atoms with E-state index in [1.54, 1.807) is 55.6 Å². The quantitative estimate of drug-likeness (QED) is 0.595. The predicted octanol–water partition coefficient (Wildman–Crippen LogP) is 2.86. The fourth-order valence-corrected chi connectivity index (χ4v) is 3.19. The molecular weight excluding hydrogens is 406 g/mol. The summed E-state index contributed by atoms with van der Waals surface area (Å²) in [7, 11) is 1.57. The Bertz CT molecular complexity index is 823. The third-order valence-corrected chi connectivity index (χ3v) is 4.79. The number of carbonyl (C=O) groups excluding carboxylic acids is 2. The second kappa shape index (κ2) is 12.0. The van der Waals surface area contributed by atoms with Gasteiger partial charge in [-0.15, -0.1) is 12.4 Å². The van der Waals surface area contributed by atoms with Gasteiger partial charge < -0.3 is 25.4 Å². The van der Waals surface area contributed by atoms with Gasteiger partial charge in [0.05, 0.1) is 7.11 Å². The van der Waals surface area contributed by atoms with Crippen molar-refractivity contribution in [1.82, 2.24) is 10.6 Å². The highest BCUT2D eigenvalue weighted by Crippen LogP contribution is 2.17. The molecule has 2 amide bonds. The number of anilines is 1. The number of amides is 2. The SMILES string of the molecule is COc1cccc(NC(=O)COc2ccc(C(=O)NCC3CCCNC3)cc2)c1.Cl. The highest BCUT2D eigenvalue weighted by molar-refractivity contribution is 5.94. The van der Waals surface area contributed by atoms with Crippen LogP contribution in [0.25, 0.3) is 0 Å². The summed E-state index contributed by atoms with van der Waals surface area (Å²) in [4.78, 5) is 24.3. The molecule has 1 heterocycles. The molecular formula is C22H28ClN3O4. The summed E-state index contributed by atoms with van der Waals surface area (Å²) < 4.78 is 10.6. The summed E-state index contributed by atoms with van der Waals surface area (Å²) in [5, 5.41) is 9.08. The van der Waals surface area contributed by atoms with Crippen LogP contribution in [0, 0.1) is 5.92 Å². The van der Waals surface area contributed by atoms with Gasteiger partial charge in [0.15, 0.2) is 6.61 Å². The Morgan fingerprint density at radius 1 is 1.13 bits per heavy atom. The van der Waals surface area contributed by atoms with Crippen LogP contribution < -0.4 is 25.4 Å². The number of ether oxygens (including phenoxy) is 2. The highest BCUT2D eigenvalue weighted by Gasteiger charge is 2.14. The molecule has 3 N–H and O–H groups in total. The Morgan fingerprint density at radius 3 is 2.63 bits per heavy atom. The maximum atomic E-state index is 12.3. The fraction of sp³-hybridized carbons (Fsp3) is 0.364. The Kier molecular flexibility index (Phi) is 9.44. The van der Waals surface area contributed by atoms with Crippen molar-refractivity contribution < 1.29 is 19.1 Å². The van der Waals surface area contributed by atoms with Gasteiger partial charge in [-0.25, -0.2) is 0 Å². The summed E-state index contributed by atoms with van der Waals surface area (Å²) in [6, 6.07) is 13.9. The van der Waals surface area contributed by atoms with E-state index in [2.05, 4.69) is 16.0 Å². The van der Waals surface area contributed by atoms with Crippen molar-refractivity contribution in [3.8, 4) is 11.5 Å². The smallest absolute Gasteiger partial charge is 0.262 e.